The normalized spacial score (nSPS) is 22.2. The molecule has 1 aromatic heterocycles. The first-order chi connectivity index (χ1) is 21.5. The van der Waals surface area contributed by atoms with Gasteiger partial charge in [0.05, 0.1) is 10.9 Å². The van der Waals surface area contributed by atoms with Gasteiger partial charge in [-0.1, -0.05) is 6.07 Å². The van der Waals surface area contributed by atoms with Crippen molar-refractivity contribution in [2.75, 3.05) is 19.8 Å². The zero-order valence-electron chi connectivity index (χ0n) is 24.8. The minimum absolute atomic E-state index is 0.124. The molecule has 0 unspecified atom stereocenters. The van der Waals surface area contributed by atoms with Gasteiger partial charge in [-0.05, 0) is 29.8 Å². The molecular formula is C31H30O14. The van der Waals surface area contributed by atoms with Crippen LogP contribution in [0.15, 0.2) is 51.9 Å². The summed E-state index contributed by atoms with van der Waals surface area (Å²) in [5.41, 5.74) is 0.733. The SMILES string of the molecule is CC(=O)OC[C@@H]1O[C@@H](Oc2ccc3c(=O)c(-c4ccc5c(c4)OCCO5)coc3c2)[C@H](OC(C)=O)[C@@H](OC(C)=O)[C@@H]1OC(C)=O. The first-order valence-electron chi connectivity index (χ1n) is 13.9. The van der Waals surface area contributed by atoms with E-state index >= 15 is 0 Å². The lowest BCUT2D eigenvalue weighted by atomic mass is 9.98. The second kappa shape index (κ2) is 13.3. The molecule has 238 valence electrons. The average Bonchev–Trinajstić information content (AvgIpc) is 2.98. The second-order valence-corrected chi connectivity index (χ2v) is 10.2. The highest BCUT2D eigenvalue weighted by atomic mass is 16.7. The monoisotopic (exact) mass is 626 g/mol. The van der Waals surface area contributed by atoms with Crippen molar-refractivity contribution in [2.45, 2.75) is 58.4 Å². The molecule has 3 aromatic rings. The maximum absolute atomic E-state index is 13.4. The van der Waals surface area contributed by atoms with Crippen LogP contribution in [0.5, 0.6) is 17.2 Å². The van der Waals surface area contributed by atoms with Crippen molar-refractivity contribution >= 4 is 34.8 Å². The number of benzene rings is 2. The van der Waals surface area contributed by atoms with Crippen LogP contribution in [0.4, 0.5) is 0 Å². The topological polar surface area (TPSA) is 172 Å². The van der Waals surface area contributed by atoms with E-state index in [1.54, 1.807) is 18.2 Å². The number of hydrogen-bond donors (Lipinski definition) is 0. The first kappa shape index (κ1) is 31.3. The van der Waals surface area contributed by atoms with E-state index in [9.17, 15) is 24.0 Å². The number of carbonyl (C=O) groups excluding carboxylic acids is 4. The number of fused-ring (bicyclic) bond motifs is 2. The predicted octanol–water partition coefficient (Wildman–Crippen LogP) is 2.69. The van der Waals surface area contributed by atoms with Gasteiger partial charge >= 0.3 is 23.9 Å². The fourth-order valence-electron chi connectivity index (χ4n) is 5.01. The highest BCUT2D eigenvalue weighted by molar-refractivity contribution is 5.83. The van der Waals surface area contributed by atoms with Crippen LogP contribution in [0.1, 0.15) is 27.7 Å². The molecule has 1 saturated heterocycles. The van der Waals surface area contributed by atoms with Gasteiger partial charge in [0.2, 0.25) is 12.4 Å². The van der Waals surface area contributed by atoms with Gasteiger partial charge in [0.1, 0.15) is 43.5 Å². The quantitative estimate of drug-likeness (QED) is 0.264. The summed E-state index contributed by atoms with van der Waals surface area (Å²) in [4.78, 5) is 61.1. The second-order valence-electron chi connectivity index (χ2n) is 10.2. The summed E-state index contributed by atoms with van der Waals surface area (Å²) in [5, 5.41) is 0.247. The van der Waals surface area contributed by atoms with E-state index in [0.717, 1.165) is 20.8 Å². The average molecular weight is 627 g/mol. The molecule has 0 N–H and O–H groups in total. The number of carbonyl (C=O) groups is 4. The predicted molar refractivity (Wildman–Crippen MR) is 151 cm³/mol. The molecule has 3 heterocycles. The number of hydrogen-bond acceptors (Lipinski definition) is 14. The Balaban J connectivity index is 1.47. The van der Waals surface area contributed by atoms with Crippen LogP contribution in [-0.4, -0.2) is 74.4 Å². The molecule has 45 heavy (non-hydrogen) atoms. The van der Waals surface area contributed by atoms with E-state index in [2.05, 4.69) is 0 Å². The summed E-state index contributed by atoms with van der Waals surface area (Å²) in [7, 11) is 0. The third-order valence-electron chi connectivity index (χ3n) is 6.80. The minimum atomic E-state index is -1.45. The van der Waals surface area contributed by atoms with Crippen LogP contribution in [0.2, 0.25) is 0 Å². The number of rotatable bonds is 8. The van der Waals surface area contributed by atoms with E-state index in [0.29, 0.717) is 35.8 Å². The summed E-state index contributed by atoms with van der Waals surface area (Å²) >= 11 is 0. The Hall–Kier alpha value is -5.11. The highest BCUT2D eigenvalue weighted by Gasteiger charge is 2.53. The summed E-state index contributed by atoms with van der Waals surface area (Å²) in [6, 6.07) is 9.54. The zero-order valence-corrected chi connectivity index (χ0v) is 24.8. The van der Waals surface area contributed by atoms with Crippen LogP contribution >= 0.6 is 0 Å². The lowest BCUT2D eigenvalue weighted by molar-refractivity contribution is -0.288. The lowest BCUT2D eigenvalue weighted by Gasteiger charge is -2.43. The van der Waals surface area contributed by atoms with Crippen LogP contribution in [0, 0.1) is 0 Å². The summed E-state index contributed by atoms with van der Waals surface area (Å²) in [6.45, 7) is 4.96. The van der Waals surface area contributed by atoms with E-state index in [1.807, 2.05) is 0 Å². The smallest absolute Gasteiger partial charge is 0.303 e. The molecule has 14 heteroatoms. The molecule has 2 aliphatic heterocycles. The fourth-order valence-corrected chi connectivity index (χ4v) is 5.01. The van der Waals surface area contributed by atoms with Crippen LogP contribution < -0.4 is 19.6 Å². The molecule has 1 fully saturated rings. The molecule has 14 nitrogen and oxygen atoms in total. The van der Waals surface area contributed by atoms with Gasteiger partial charge in [-0.25, -0.2) is 0 Å². The van der Waals surface area contributed by atoms with E-state index in [4.69, 9.17) is 42.3 Å². The van der Waals surface area contributed by atoms with Crippen molar-refractivity contribution in [1.29, 1.82) is 0 Å². The van der Waals surface area contributed by atoms with Crippen molar-refractivity contribution in [2.24, 2.45) is 0 Å². The molecule has 2 aliphatic rings. The standard InChI is InChI=1S/C31H30O14/c1-15(32)39-14-26-28(41-16(2)33)29(42-17(3)34)30(43-18(4)35)31(45-26)44-20-6-7-21-24(12-20)40-13-22(27(21)36)19-5-8-23-25(11-19)38-10-9-37-23/h5-8,11-13,26,28-31H,9-10,14H2,1-4H3/t26-,28+,29-,30+,31+/m0/s1. The van der Waals surface area contributed by atoms with Gasteiger partial charge in [0.25, 0.3) is 0 Å². The Bertz CT molecular complexity index is 1680. The highest BCUT2D eigenvalue weighted by Crippen LogP contribution is 2.35. The van der Waals surface area contributed by atoms with Gasteiger partial charge in [-0.2, -0.15) is 0 Å². The van der Waals surface area contributed by atoms with E-state index in [1.165, 1.54) is 31.4 Å². The molecule has 0 saturated carbocycles. The van der Waals surface area contributed by atoms with Crippen molar-refractivity contribution in [1.82, 2.24) is 0 Å². The zero-order chi connectivity index (χ0) is 32.2. The van der Waals surface area contributed by atoms with Crippen molar-refractivity contribution in [3.63, 3.8) is 0 Å². The fraction of sp³-hybridized carbons (Fsp3) is 0.387. The largest absolute Gasteiger partial charge is 0.486 e. The molecular weight excluding hydrogens is 596 g/mol. The van der Waals surface area contributed by atoms with Gasteiger partial charge in [-0.15, -0.1) is 0 Å². The third kappa shape index (κ3) is 7.17. The minimum Gasteiger partial charge on any atom is -0.486 e. The Morgan fingerprint density at radius 1 is 0.778 bits per heavy atom. The molecule has 0 spiro atoms. The Morgan fingerprint density at radius 3 is 2.13 bits per heavy atom. The molecule has 0 bridgehead atoms. The van der Waals surface area contributed by atoms with E-state index in [-0.39, 0.29) is 22.1 Å². The van der Waals surface area contributed by atoms with Crippen molar-refractivity contribution in [3.05, 3.63) is 52.9 Å². The van der Waals surface area contributed by atoms with Gasteiger partial charge in [-0.3, -0.25) is 24.0 Å². The molecule has 5 atom stereocenters. The Morgan fingerprint density at radius 2 is 1.44 bits per heavy atom. The van der Waals surface area contributed by atoms with Crippen LogP contribution in [-0.2, 0) is 42.9 Å². The van der Waals surface area contributed by atoms with Gasteiger partial charge < -0.3 is 42.3 Å². The Kier molecular flexibility index (Phi) is 9.23. The molecule has 0 amide bonds. The van der Waals surface area contributed by atoms with Crippen LogP contribution in [0.25, 0.3) is 22.1 Å². The van der Waals surface area contributed by atoms with E-state index < -0.39 is 61.2 Å². The molecule has 2 aromatic carbocycles. The molecule has 5 rings (SSSR count). The molecule has 0 radical (unpaired) electrons. The maximum Gasteiger partial charge on any atom is 0.303 e. The van der Waals surface area contributed by atoms with Gasteiger partial charge in [0.15, 0.2) is 29.1 Å². The van der Waals surface area contributed by atoms with Crippen molar-refractivity contribution < 1.29 is 61.5 Å². The Labute approximate surface area is 256 Å². The first-order valence-corrected chi connectivity index (χ1v) is 13.9. The summed E-state index contributed by atoms with van der Waals surface area (Å²) in [6.07, 6.45) is -5.49. The van der Waals surface area contributed by atoms with Crippen LogP contribution in [0.3, 0.4) is 0 Å². The van der Waals surface area contributed by atoms with Gasteiger partial charge in [0, 0.05) is 33.8 Å². The third-order valence-corrected chi connectivity index (χ3v) is 6.80. The maximum atomic E-state index is 13.4. The summed E-state index contributed by atoms with van der Waals surface area (Å²) < 4.78 is 50.3. The summed E-state index contributed by atoms with van der Waals surface area (Å²) in [5.74, 6) is -1.73. The number of ether oxygens (including phenoxy) is 8. The lowest BCUT2D eigenvalue weighted by Crippen LogP contribution is -2.63. The van der Waals surface area contributed by atoms with Crippen molar-refractivity contribution in [3.8, 4) is 28.4 Å². The number of esters is 4. The molecule has 0 aliphatic carbocycles.